The molecule has 112 valence electrons. The smallest absolute Gasteiger partial charge is 0.317 e. The number of rotatable bonds is 13. The Kier molecular flexibility index (Phi) is 11.9. The van der Waals surface area contributed by atoms with Crippen molar-refractivity contribution in [2.75, 3.05) is 5.75 Å². The zero-order chi connectivity index (χ0) is 14.5. The Morgan fingerprint density at radius 3 is 1.95 bits per heavy atom. The van der Waals surface area contributed by atoms with Crippen LogP contribution < -0.4 is 0 Å². The summed E-state index contributed by atoms with van der Waals surface area (Å²) in [6.45, 7) is 2.20. The summed E-state index contributed by atoms with van der Waals surface area (Å²) in [6, 6.07) is 0. The van der Waals surface area contributed by atoms with Gasteiger partial charge >= 0.3 is 11.9 Å². The quantitative estimate of drug-likeness (QED) is 0.505. The molecule has 0 bridgehead atoms. The Bertz CT molecular complexity index is 256. The van der Waals surface area contributed by atoms with E-state index in [0.29, 0.717) is 0 Å². The first kappa shape index (κ1) is 18.3. The molecule has 0 saturated heterocycles. The third-order valence-electron chi connectivity index (χ3n) is 2.95. The summed E-state index contributed by atoms with van der Waals surface area (Å²) in [7, 11) is 0. The number of hydrogen-bond donors (Lipinski definition) is 2. The predicted molar refractivity (Wildman–Crippen MR) is 78.7 cm³/mol. The van der Waals surface area contributed by atoms with Crippen molar-refractivity contribution < 1.29 is 19.8 Å². The van der Waals surface area contributed by atoms with Crippen LogP contribution in [0.3, 0.4) is 0 Å². The topological polar surface area (TPSA) is 74.6 Å². The summed E-state index contributed by atoms with van der Waals surface area (Å²) in [5.41, 5.74) is 0. The third kappa shape index (κ3) is 12.1. The van der Waals surface area contributed by atoms with Gasteiger partial charge in [0.05, 0.1) is 6.42 Å². The molecule has 0 aliphatic carbocycles. The Morgan fingerprint density at radius 2 is 1.47 bits per heavy atom. The van der Waals surface area contributed by atoms with Crippen molar-refractivity contribution in [2.24, 2.45) is 0 Å². The largest absolute Gasteiger partial charge is 0.481 e. The van der Waals surface area contributed by atoms with Gasteiger partial charge in [-0.3, -0.25) is 9.59 Å². The maximum atomic E-state index is 10.8. The minimum absolute atomic E-state index is 0.295. The van der Waals surface area contributed by atoms with E-state index >= 15 is 0 Å². The average Bonchev–Trinajstić information content (AvgIpc) is 2.34. The second kappa shape index (κ2) is 12.3. The minimum atomic E-state index is -1.05. The lowest BCUT2D eigenvalue weighted by Gasteiger charge is -2.09. The van der Waals surface area contributed by atoms with Gasteiger partial charge in [-0.05, 0) is 12.2 Å². The van der Waals surface area contributed by atoms with Gasteiger partial charge in [0, 0.05) is 0 Å². The third-order valence-corrected chi connectivity index (χ3v) is 4.25. The number of unbranched alkanes of at least 4 members (excludes halogenated alkanes) is 7. The molecule has 0 spiro atoms. The number of carboxylic acids is 2. The number of carbonyl (C=O) groups is 2. The maximum absolute atomic E-state index is 10.8. The number of aliphatic carboxylic acids is 2. The summed E-state index contributed by atoms with van der Waals surface area (Å²) in [6.07, 6.45) is 9.41. The standard InChI is InChI=1S/C14H26O4S/c1-2-3-4-5-6-7-8-9-10-19-12(14(17)18)11-13(15)16/h12H,2-11H2,1H3,(H,15,16)(H,17,18)/t12-/m0/s1. The highest BCUT2D eigenvalue weighted by Crippen LogP contribution is 2.18. The highest BCUT2D eigenvalue weighted by molar-refractivity contribution is 8.00. The molecular weight excluding hydrogens is 264 g/mol. The van der Waals surface area contributed by atoms with E-state index in [0.717, 1.165) is 18.6 Å². The summed E-state index contributed by atoms with van der Waals surface area (Å²) in [5.74, 6) is -1.33. The normalized spacial score (nSPS) is 12.3. The van der Waals surface area contributed by atoms with E-state index in [1.165, 1.54) is 50.3 Å². The van der Waals surface area contributed by atoms with Crippen molar-refractivity contribution in [1.82, 2.24) is 0 Å². The van der Waals surface area contributed by atoms with Crippen molar-refractivity contribution in [3.8, 4) is 0 Å². The van der Waals surface area contributed by atoms with Gasteiger partial charge in [-0.15, -0.1) is 11.8 Å². The summed E-state index contributed by atoms with van der Waals surface area (Å²) < 4.78 is 0. The van der Waals surface area contributed by atoms with Gasteiger partial charge in [-0.1, -0.05) is 51.9 Å². The molecule has 0 aromatic heterocycles. The van der Waals surface area contributed by atoms with Crippen molar-refractivity contribution >= 4 is 23.7 Å². The first-order valence-corrected chi connectivity index (χ1v) is 8.19. The monoisotopic (exact) mass is 290 g/mol. The summed E-state index contributed by atoms with van der Waals surface area (Å²) >= 11 is 1.25. The lowest BCUT2D eigenvalue weighted by molar-refractivity contribution is -0.142. The van der Waals surface area contributed by atoms with Gasteiger partial charge in [0.2, 0.25) is 0 Å². The van der Waals surface area contributed by atoms with Crippen LogP contribution in [0.4, 0.5) is 0 Å². The molecule has 0 unspecified atom stereocenters. The Hall–Kier alpha value is -0.710. The van der Waals surface area contributed by atoms with Crippen LogP contribution in [0.5, 0.6) is 0 Å². The Balaban J connectivity index is 3.45. The van der Waals surface area contributed by atoms with E-state index in [9.17, 15) is 9.59 Å². The van der Waals surface area contributed by atoms with E-state index in [1.807, 2.05) is 0 Å². The SMILES string of the molecule is CCCCCCCCCCS[C@@H](CC(=O)O)C(=O)O. The molecule has 0 amide bonds. The molecule has 0 fully saturated rings. The van der Waals surface area contributed by atoms with Crippen LogP contribution in [0.25, 0.3) is 0 Å². The van der Waals surface area contributed by atoms with Crippen LogP contribution >= 0.6 is 11.8 Å². The molecular formula is C14H26O4S. The second-order valence-corrected chi connectivity index (χ2v) is 6.08. The first-order chi connectivity index (χ1) is 9.07. The van der Waals surface area contributed by atoms with Crippen molar-refractivity contribution in [3.63, 3.8) is 0 Å². The zero-order valence-electron chi connectivity index (χ0n) is 11.8. The van der Waals surface area contributed by atoms with Gasteiger partial charge in [-0.25, -0.2) is 0 Å². The lowest BCUT2D eigenvalue weighted by Crippen LogP contribution is -2.20. The fraction of sp³-hybridized carbons (Fsp3) is 0.857. The van der Waals surface area contributed by atoms with Gasteiger partial charge in [0.15, 0.2) is 0 Å². The molecule has 5 heteroatoms. The Labute approximate surface area is 120 Å². The number of carboxylic acid groups (broad SMARTS) is 2. The van der Waals surface area contributed by atoms with Gasteiger partial charge in [0.25, 0.3) is 0 Å². The van der Waals surface area contributed by atoms with E-state index in [-0.39, 0.29) is 6.42 Å². The van der Waals surface area contributed by atoms with Crippen molar-refractivity contribution in [2.45, 2.75) is 70.0 Å². The molecule has 2 N–H and O–H groups in total. The molecule has 0 aromatic rings. The van der Waals surface area contributed by atoms with Gasteiger partial charge in [0.1, 0.15) is 5.25 Å². The fourth-order valence-electron chi connectivity index (χ4n) is 1.84. The zero-order valence-corrected chi connectivity index (χ0v) is 12.6. The molecule has 4 nitrogen and oxygen atoms in total. The molecule has 1 atom stereocenters. The maximum Gasteiger partial charge on any atom is 0.317 e. The number of hydrogen-bond acceptors (Lipinski definition) is 3. The molecule has 0 heterocycles. The highest BCUT2D eigenvalue weighted by atomic mass is 32.2. The number of thioether (sulfide) groups is 1. The van der Waals surface area contributed by atoms with Crippen molar-refractivity contribution in [3.05, 3.63) is 0 Å². The highest BCUT2D eigenvalue weighted by Gasteiger charge is 2.20. The van der Waals surface area contributed by atoms with Gasteiger partial charge < -0.3 is 10.2 Å². The molecule has 0 aromatic carbocycles. The van der Waals surface area contributed by atoms with Gasteiger partial charge in [-0.2, -0.15) is 0 Å². The van der Waals surface area contributed by atoms with Crippen molar-refractivity contribution in [1.29, 1.82) is 0 Å². The first-order valence-electron chi connectivity index (χ1n) is 7.14. The molecule has 0 rings (SSSR count). The molecule has 0 saturated carbocycles. The summed E-state index contributed by atoms with van der Waals surface area (Å²) in [4.78, 5) is 21.3. The van der Waals surface area contributed by atoms with E-state index in [4.69, 9.17) is 10.2 Å². The van der Waals surface area contributed by atoms with E-state index < -0.39 is 17.2 Å². The van der Waals surface area contributed by atoms with Crippen LogP contribution in [0.1, 0.15) is 64.7 Å². The second-order valence-electron chi connectivity index (χ2n) is 4.77. The molecule has 19 heavy (non-hydrogen) atoms. The van der Waals surface area contributed by atoms with Crippen LogP contribution in [0.2, 0.25) is 0 Å². The predicted octanol–water partition coefficient (Wildman–Crippen LogP) is 3.79. The van der Waals surface area contributed by atoms with Crippen LogP contribution in [0.15, 0.2) is 0 Å². The molecule has 0 aliphatic heterocycles. The lowest BCUT2D eigenvalue weighted by atomic mass is 10.1. The van der Waals surface area contributed by atoms with Crippen LogP contribution in [0, 0.1) is 0 Å². The van der Waals surface area contributed by atoms with E-state index in [2.05, 4.69) is 6.92 Å². The molecule has 0 radical (unpaired) electrons. The molecule has 0 aliphatic rings. The summed E-state index contributed by atoms with van der Waals surface area (Å²) in [5, 5.41) is 16.7. The minimum Gasteiger partial charge on any atom is -0.481 e. The van der Waals surface area contributed by atoms with Crippen LogP contribution in [-0.4, -0.2) is 33.2 Å². The fourth-order valence-corrected chi connectivity index (χ4v) is 2.90. The Morgan fingerprint density at radius 1 is 0.947 bits per heavy atom. The average molecular weight is 290 g/mol. The van der Waals surface area contributed by atoms with E-state index in [1.54, 1.807) is 0 Å². The van der Waals surface area contributed by atoms with Crippen LogP contribution in [-0.2, 0) is 9.59 Å².